The molecule has 0 spiro atoms. The van der Waals surface area contributed by atoms with E-state index in [2.05, 4.69) is 29.1 Å². The van der Waals surface area contributed by atoms with Crippen molar-refractivity contribution in [2.75, 3.05) is 0 Å². The van der Waals surface area contributed by atoms with E-state index < -0.39 is 0 Å². The summed E-state index contributed by atoms with van der Waals surface area (Å²) in [4.78, 5) is 0. The van der Waals surface area contributed by atoms with Gasteiger partial charge in [0.1, 0.15) is 5.82 Å². The van der Waals surface area contributed by atoms with Crippen molar-refractivity contribution in [1.29, 1.82) is 0 Å². The van der Waals surface area contributed by atoms with Crippen molar-refractivity contribution in [1.82, 2.24) is 5.32 Å². The zero-order chi connectivity index (χ0) is 12.1. The molecule has 0 bridgehead atoms. The van der Waals surface area contributed by atoms with Crippen LogP contribution in [0.4, 0.5) is 4.39 Å². The Hall–Kier alpha value is -1.19. The molecule has 90 valence electrons. The summed E-state index contributed by atoms with van der Waals surface area (Å²) in [5.41, 5.74) is 2.48. The van der Waals surface area contributed by atoms with E-state index in [9.17, 15) is 4.39 Å². The number of halogens is 1. The van der Waals surface area contributed by atoms with Crippen molar-refractivity contribution >= 4 is 11.3 Å². The number of hydrogen-bond donors (Lipinski definition) is 1. The molecule has 1 atom stereocenters. The highest BCUT2D eigenvalue weighted by atomic mass is 32.1. The Morgan fingerprint density at radius 2 is 1.94 bits per heavy atom. The Morgan fingerprint density at radius 1 is 1.18 bits per heavy atom. The van der Waals surface area contributed by atoms with Gasteiger partial charge in [0, 0.05) is 12.6 Å². The maximum Gasteiger partial charge on any atom is 0.123 e. The van der Waals surface area contributed by atoms with Crippen molar-refractivity contribution in [2.45, 2.75) is 25.9 Å². The standard InChI is InChI=1S/C14H16FNS/c1-11(8-13-6-7-17-10-13)16-9-12-2-4-14(15)5-3-12/h2-7,10-11,16H,8-9H2,1H3. The van der Waals surface area contributed by atoms with E-state index in [1.807, 2.05) is 12.1 Å². The van der Waals surface area contributed by atoms with Crippen LogP contribution in [0.2, 0.25) is 0 Å². The van der Waals surface area contributed by atoms with E-state index in [0.717, 1.165) is 18.5 Å². The number of thiophene rings is 1. The summed E-state index contributed by atoms with van der Waals surface area (Å²) >= 11 is 1.73. The first-order valence-corrected chi connectivity index (χ1v) is 6.67. The van der Waals surface area contributed by atoms with Gasteiger partial charge in [-0.05, 0) is 53.4 Å². The second kappa shape index (κ2) is 5.94. The fourth-order valence-electron chi connectivity index (χ4n) is 1.73. The predicted octanol–water partition coefficient (Wildman–Crippen LogP) is 3.61. The number of nitrogens with one attached hydrogen (secondary N) is 1. The van der Waals surface area contributed by atoms with Gasteiger partial charge >= 0.3 is 0 Å². The molecule has 2 rings (SSSR count). The van der Waals surface area contributed by atoms with Crippen LogP contribution < -0.4 is 5.32 Å². The van der Waals surface area contributed by atoms with E-state index in [4.69, 9.17) is 0 Å². The first-order valence-electron chi connectivity index (χ1n) is 5.73. The molecule has 3 heteroatoms. The minimum atomic E-state index is -0.180. The Morgan fingerprint density at radius 3 is 2.59 bits per heavy atom. The minimum Gasteiger partial charge on any atom is -0.310 e. The topological polar surface area (TPSA) is 12.0 Å². The normalized spacial score (nSPS) is 12.6. The zero-order valence-electron chi connectivity index (χ0n) is 9.82. The van der Waals surface area contributed by atoms with E-state index in [0.29, 0.717) is 6.04 Å². The fourth-order valence-corrected chi connectivity index (χ4v) is 2.41. The van der Waals surface area contributed by atoms with Crippen LogP contribution in [0.25, 0.3) is 0 Å². The monoisotopic (exact) mass is 249 g/mol. The van der Waals surface area contributed by atoms with Crippen LogP contribution in [0.1, 0.15) is 18.1 Å². The van der Waals surface area contributed by atoms with Crippen LogP contribution in [0.15, 0.2) is 41.1 Å². The van der Waals surface area contributed by atoms with Crippen LogP contribution in [0.3, 0.4) is 0 Å². The Kier molecular flexibility index (Phi) is 4.29. The Labute approximate surface area is 105 Å². The van der Waals surface area contributed by atoms with Crippen molar-refractivity contribution < 1.29 is 4.39 Å². The van der Waals surface area contributed by atoms with Crippen LogP contribution in [0, 0.1) is 5.82 Å². The highest BCUT2D eigenvalue weighted by Gasteiger charge is 2.03. The summed E-state index contributed by atoms with van der Waals surface area (Å²) in [5.74, 6) is -0.180. The van der Waals surface area contributed by atoms with Gasteiger partial charge in [0.25, 0.3) is 0 Å². The van der Waals surface area contributed by atoms with E-state index >= 15 is 0 Å². The van der Waals surface area contributed by atoms with Gasteiger partial charge in [-0.2, -0.15) is 11.3 Å². The lowest BCUT2D eigenvalue weighted by Gasteiger charge is -2.13. The summed E-state index contributed by atoms with van der Waals surface area (Å²) in [5, 5.41) is 7.71. The largest absolute Gasteiger partial charge is 0.310 e. The van der Waals surface area contributed by atoms with E-state index in [1.165, 1.54) is 17.7 Å². The fraction of sp³-hybridized carbons (Fsp3) is 0.286. The Bertz CT molecular complexity index is 436. The third-order valence-corrected chi connectivity index (χ3v) is 3.42. The van der Waals surface area contributed by atoms with Gasteiger partial charge in [-0.3, -0.25) is 0 Å². The SMILES string of the molecule is CC(Cc1ccsc1)NCc1ccc(F)cc1. The maximum absolute atomic E-state index is 12.7. The van der Waals surface area contributed by atoms with Crippen LogP contribution in [-0.2, 0) is 13.0 Å². The average Bonchev–Trinajstić information content (AvgIpc) is 2.81. The molecule has 1 heterocycles. The molecule has 17 heavy (non-hydrogen) atoms. The molecule has 0 aliphatic carbocycles. The first kappa shape index (κ1) is 12.3. The zero-order valence-corrected chi connectivity index (χ0v) is 10.6. The molecule has 1 aromatic carbocycles. The molecular formula is C14H16FNS. The molecule has 0 aliphatic heterocycles. The minimum absolute atomic E-state index is 0.180. The summed E-state index contributed by atoms with van der Waals surface area (Å²) in [6.45, 7) is 2.95. The molecule has 0 saturated heterocycles. The van der Waals surface area contributed by atoms with Crippen LogP contribution in [-0.4, -0.2) is 6.04 Å². The first-order chi connectivity index (χ1) is 8.24. The van der Waals surface area contributed by atoms with E-state index in [1.54, 1.807) is 11.3 Å². The van der Waals surface area contributed by atoms with Gasteiger partial charge in [0.05, 0.1) is 0 Å². The lowest BCUT2D eigenvalue weighted by atomic mass is 10.1. The second-order valence-electron chi connectivity index (χ2n) is 4.24. The predicted molar refractivity (Wildman–Crippen MR) is 70.7 cm³/mol. The third kappa shape index (κ3) is 3.95. The van der Waals surface area contributed by atoms with Gasteiger partial charge in [0.2, 0.25) is 0 Å². The lowest BCUT2D eigenvalue weighted by Crippen LogP contribution is -2.27. The molecule has 0 fully saturated rings. The third-order valence-electron chi connectivity index (χ3n) is 2.69. The van der Waals surface area contributed by atoms with Gasteiger partial charge in [-0.15, -0.1) is 0 Å². The quantitative estimate of drug-likeness (QED) is 0.853. The molecule has 1 N–H and O–H groups in total. The van der Waals surface area contributed by atoms with Crippen LogP contribution in [0.5, 0.6) is 0 Å². The summed E-state index contributed by atoms with van der Waals surface area (Å²) < 4.78 is 12.7. The maximum atomic E-state index is 12.7. The molecule has 1 unspecified atom stereocenters. The second-order valence-corrected chi connectivity index (χ2v) is 5.02. The number of hydrogen-bond acceptors (Lipinski definition) is 2. The van der Waals surface area contributed by atoms with Crippen molar-refractivity contribution in [2.24, 2.45) is 0 Å². The van der Waals surface area contributed by atoms with Crippen molar-refractivity contribution in [3.05, 3.63) is 58.0 Å². The smallest absolute Gasteiger partial charge is 0.123 e. The van der Waals surface area contributed by atoms with Gasteiger partial charge < -0.3 is 5.32 Å². The summed E-state index contributed by atoms with van der Waals surface area (Å²) in [6, 6.07) is 9.22. The Balaban J connectivity index is 1.79. The molecule has 1 aromatic heterocycles. The van der Waals surface area contributed by atoms with Gasteiger partial charge in [0.15, 0.2) is 0 Å². The van der Waals surface area contributed by atoms with Gasteiger partial charge in [-0.25, -0.2) is 4.39 Å². The van der Waals surface area contributed by atoms with Gasteiger partial charge in [-0.1, -0.05) is 12.1 Å². The highest BCUT2D eigenvalue weighted by Crippen LogP contribution is 2.09. The number of rotatable bonds is 5. The van der Waals surface area contributed by atoms with Crippen LogP contribution >= 0.6 is 11.3 Å². The van der Waals surface area contributed by atoms with Crippen molar-refractivity contribution in [3.8, 4) is 0 Å². The van der Waals surface area contributed by atoms with Crippen molar-refractivity contribution in [3.63, 3.8) is 0 Å². The molecular weight excluding hydrogens is 233 g/mol. The molecule has 0 saturated carbocycles. The summed E-state index contributed by atoms with van der Waals surface area (Å²) in [6.07, 6.45) is 1.03. The lowest BCUT2D eigenvalue weighted by molar-refractivity contribution is 0.545. The molecule has 1 nitrogen and oxygen atoms in total. The van der Waals surface area contributed by atoms with E-state index in [-0.39, 0.29) is 5.82 Å². The average molecular weight is 249 g/mol. The molecule has 0 aliphatic rings. The molecule has 0 amide bonds. The summed E-state index contributed by atoms with van der Waals surface area (Å²) in [7, 11) is 0. The number of benzene rings is 1. The highest BCUT2D eigenvalue weighted by molar-refractivity contribution is 7.07. The molecule has 0 radical (unpaired) electrons. The molecule has 2 aromatic rings.